The fourth-order valence-electron chi connectivity index (χ4n) is 3.97. The van der Waals surface area contributed by atoms with E-state index in [0.717, 1.165) is 24.9 Å². The van der Waals surface area contributed by atoms with Crippen LogP contribution >= 0.6 is 0 Å². The second-order valence-corrected chi connectivity index (χ2v) is 7.57. The van der Waals surface area contributed by atoms with Gasteiger partial charge >= 0.3 is 6.09 Å². The number of aromatic nitrogens is 4. The Morgan fingerprint density at radius 2 is 2.04 bits per heavy atom. The maximum absolute atomic E-state index is 12.6. The number of anilines is 1. The molecule has 8 heteroatoms. The molecule has 4 rings (SSSR count). The molecule has 2 saturated heterocycles. The number of carbonyl (C=O) groups is 1. The molecule has 128 valence electrons. The summed E-state index contributed by atoms with van der Waals surface area (Å²) in [6.07, 6.45) is 5.86. The molecule has 2 aliphatic heterocycles. The molecular formula is C16H22N6O2. The van der Waals surface area contributed by atoms with E-state index in [9.17, 15) is 4.79 Å². The molecule has 2 fully saturated rings. The number of hydrogen-bond acceptors (Lipinski definition) is 6. The Morgan fingerprint density at radius 1 is 1.25 bits per heavy atom. The zero-order valence-electron chi connectivity index (χ0n) is 14.1. The average molecular weight is 330 g/mol. The summed E-state index contributed by atoms with van der Waals surface area (Å²) in [7, 11) is 0. The molecule has 4 heterocycles. The number of nitrogens with zero attached hydrogens (tertiary/aromatic N) is 5. The molecule has 2 N–H and O–H groups in total. The van der Waals surface area contributed by atoms with Gasteiger partial charge in [0.15, 0.2) is 11.5 Å². The van der Waals surface area contributed by atoms with Crippen molar-refractivity contribution >= 4 is 23.1 Å². The van der Waals surface area contributed by atoms with Gasteiger partial charge in [-0.15, -0.1) is 0 Å². The highest BCUT2D eigenvalue weighted by molar-refractivity contribution is 5.81. The van der Waals surface area contributed by atoms with E-state index in [2.05, 4.69) is 15.0 Å². The zero-order chi connectivity index (χ0) is 17.1. The maximum Gasteiger partial charge on any atom is 0.410 e. The normalized spacial score (nSPS) is 26.3. The van der Waals surface area contributed by atoms with Crippen LogP contribution in [0.2, 0.25) is 0 Å². The van der Waals surface area contributed by atoms with Gasteiger partial charge in [-0.1, -0.05) is 0 Å². The second kappa shape index (κ2) is 5.06. The third-order valence-electron chi connectivity index (χ3n) is 4.85. The van der Waals surface area contributed by atoms with Crippen molar-refractivity contribution < 1.29 is 9.53 Å². The highest BCUT2D eigenvalue weighted by Crippen LogP contribution is 2.45. The van der Waals surface area contributed by atoms with Crippen LogP contribution in [0, 0.1) is 0 Å². The molecule has 0 radical (unpaired) electrons. The number of fused-ring (bicyclic) bond motifs is 3. The molecule has 3 atom stereocenters. The number of nitrogens with two attached hydrogens (primary N) is 1. The largest absolute Gasteiger partial charge is 0.444 e. The topological polar surface area (TPSA) is 99.2 Å². The lowest BCUT2D eigenvalue weighted by Gasteiger charge is -2.28. The summed E-state index contributed by atoms with van der Waals surface area (Å²) in [6, 6.07) is 0.473. The van der Waals surface area contributed by atoms with E-state index in [1.54, 1.807) is 6.33 Å². The van der Waals surface area contributed by atoms with Gasteiger partial charge in [-0.2, -0.15) is 0 Å². The van der Waals surface area contributed by atoms with Crippen LogP contribution < -0.4 is 5.73 Å². The molecule has 2 aromatic heterocycles. The predicted octanol–water partition coefficient (Wildman–Crippen LogP) is 2.12. The van der Waals surface area contributed by atoms with Gasteiger partial charge in [0.1, 0.15) is 17.4 Å². The quantitative estimate of drug-likeness (QED) is 0.860. The summed E-state index contributed by atoms with van der Waals surface area (Å²) in [4.78, 5) is 27.2. The third kappa shape index (κ3) is 2.28. The van der Waals surface area contributed by atoms with Crippen molar-refractivity contribution in [1.82, 2.24) is 24.4 Å². The number of nitrogen functional groups attached to an aromatic ring is 1. The molecule has 0 spiro atoms. The van der Waals surface area contributed by atoms with Crippen LogP contribution in [0.3, 0.4) is 0 Å². The zero-order valence-corrected chi connectivity index (χ0v) is 14.1. The van der Waals surface area contributed by atoms with Crippen molar-refractivity contribution in [3.63, 3.8) is 0 Å². The first-order valence-corrected chi connectivity index (χ1v) is 8.29. The molecule has 1 unspecified atom stereocenters. The van der Waals surface area contributed by atoms with Gasteiger partial charge in [-0.05, 0) is 40.0 Å². The first-order valence-electron chi connectivity index (χ1n) is 8.29. The SMILES string of the molecule is CC(C)(C)OC(=O)N1[C@H]2CC[C@@H]1C(n1cnc3c(N)ncnc31)C2. The summed E-state index contributed by atoms with van der Waals surface area (Å²) in [5, 5.41) is 0. The summed E-state index contributed by atoms with van der Waals surface area (Å²) in [6.45, 7) is 5.68. The standard InChI is InChI=1S/C16H22N6O2/c1-16(2,3)24-15(23)22-9-4-5-10(22)11(6-9)21-8-20-12-13(17)18-7-19-14(12)21/h7-11H,4-6H2,1-3H3,(H2,17,18,19)/t9-,10+,11?/m0/s1. The Kier molecular flexibility index (Phi) is 3.20. The van der Waals surface area contributed by atoms with Gasteiger partial charge in [-0.25, -0.2) is 19.7 Å². The van der Waals surface area contributed by atoms with E-state index in [1.807, 2.05) is 30.2 Å². The van der Waals surface area contributed by atoms with Crippen LogP contribution in [-0.2, 0) is 4.74 Å². The molecule has 1 amide bonds. The molecule has 2 aliphatic rings. The summed E-state index contributed by atoms with van der Waals surface area (Å²) >= 11 is 0. The second-order valence-electron chi connectivity index (χ2n) is 7.57. The van der Waals surface area contributed by atoms with Gasteiger partial charge in [0.05, 0.1) is 18.4 Å². The van der Waals surface area contributed by atoms with Crippen molar-refractivity contribution in [3.05, 3.63) is 12.7 Å². The minimum Gasteiger partial charge on any atom is -0.444 e. The number of rotatable bonds is 1. The predicted molar refractivity (Wildman–Crippen MR) is 88.3 cm³/mol. The maximum atomic E-state index is 12.6. The fraction of sp³-hybridized carbons (Fsp3) is 0.625. The van der Waals surface area contributed by atoms with Gasteiger partial charge in [0, 0.05) is 6.04 Å². The van der Waals surface area contributed by atoms with Crippen molar-refractivity contribution in [2.24, 2.45) is 0 Å². The number of carbonyl (C=O) groups excluding carboxylic acids is 1. The van der Waals surface area contributed by atoms with Crippen molar-refractivity contribution in [2.75, 3.05) is 5.73 Å². The van der Waals surface area contributed by atoms with Gasteiger partial charge < -0.3 is 19.9 Å². The Balaban J connectivity index is 1.64. The lowest BCUT2D eigenvalue weighted by molar-refractivity contribution is 0.0207. The van der Waals surface area contributed by atoms with E-state index in [-0.39, 0.29) is 24.2 Å². The molecule has 0 aromatic carbocycles. The van der Waals surface area contributed by atoms with Crippen LogP contribution in [0.25, 0.3) is 11.2 Å². The monoisotopic (exact) mass is 330 g/mol. The Hall–Kier alpha value is -2.38. The lowest BCUT2D eigenvalue weighted by atomic mass is 9.95. The molecular weight excluding hydrogens is 308 g/mol. The number of amides is 1. The highest BCUT2D eigenvalue weighted by atomic mass is 16.6. The molecule has 8 nitrogen and oxygen atoms in total. The van der Waals surface area contributed by atoms with Crippen molar-refractivity contribution in [1.29, 1.82) is 0 Å². The first kappa shape index (κ1) is 15.2. The molecule has 0 saturated carbocycles. The minimum atomic E-state index is -0.488. The van der Waals surface area contributed by atoms with Crippen LogP contribution in [-0.4, -0.2) is 48.2 Å². The molecule has 2 aromatic rings. The summed E-state index contributed by atoms with van der Waals surface area (Å²) in [5.74, 6) is 0.380. The third-order valence-corrected chi connectivity index (χ3v) is 4.85. The lowest BCUT2D eigenvalue weighted by Crippen LogP contribution is -2.40. The fourth-order valence-corrected chi connectivity index (χ4v) is 3.97. The van der Waals surface area contributed by atoms with Crippen molar-refractivity contribution in [3.8, 4) is 0 Å². The molecule has 2 bridgehead atoms. The van der Waals surface area contributed by atoms with Crippen LogP contribution in [0.5, 0.6) is 0 Å². The van der Waals surface area contributed by atoms with E-state index in [0.29, 0.717) is 11.3 Å². The summed E-state index contributed by atoms with van der Waals surface area (Å²) in [5.41, 5.74) is 6.73. The Bertz CT molecular complexity index is 795. The Labute approximate surface area is 140 Å². The first-order chi connectivity index (χ1) is 11.3. The van der Waals surface area contributed by atoms with Gasteiger partial charge in [-0.3, -0.25) is 0 Å². The van der Waals surface area contributed by atoms with E-state index in [1.165, 1.54) is 6.33 Å². The number of hydrogen-bond donors (Lipinski definition) is 1. The van der Waals surface area contributed by atoms with E-state index in [4.69, 9.17) is 10.5 Å². The van der Waals surface area contributed by atoms with Crippen LogP contribution in [0.4, 0.5) is 10.6 Å². The molecule has 0 aliphatic carbocycles. The Morgan fingerprint density at radius 3 is 2.79 bits per heavy atom. The van der Waals surface area contributed by atoms with E-state index < -0.39 is 5.60 Å². The average Bonchev–Trinajstić information content (AvgIpc) is 3.17. The van der Waals surface area contributed by atoms with Gasteiger partial charge in [0.2, 0.25) is 0 Å². The van der Waals surface area contributed by atoms with Crippen LogP contribution in [0.15, 0.2) is 12.7 Å². The number of ether oxygens (including phenoxy) is 1. The van der Waals surface area contributed by atoms with E-state index >= 15 is 0 Å². The van der Waals surface area contributed by atoms with Crippen LogP contribution in [0.1, 0.15) is 46.1 Å². The van der Waals surface area contributed by atoms with Crippen molar-refractivity contribution in [2.45, 2.75) is 63.8 Å². The highest BCUT2D eigenvalue weighted by Gasteiger charge is 2.50. The molecule has 24 heavy (non-hydrogen) atoms. The summed E-state index contributed by atoms with van der Waals surface area (Å²) < 4.78 is 7.63. The van der Waals surface area contributed by atoms with Gasteiger partial charge in [0.25, 0.3) is 0 Å². The smallest absolute Gasteiger partial charge is 0.410 e. The minimum absolute atomic E-state index is 0.110. The number of imidazole rings is 1.